The van der Waals surface area contributed by atoms with Gasteiger partial charge < -0.3 is 11.1 Å². The number of hydrogen-bond acceptors (Lipinski definition) is 2. The maximum absolute atomic E-state index is 11.5. The third kappa shape index (κ3) is 6.07. The minimum atomic E-state index is 0.107. The molecule has 17 heavy (non-hydrogen) atoms. The van der Waals surface area contributed by atoms with E-state index in [0.717, 1.165) is 19.3 Å². The van der Waals surface area contributed by atoms with Gasteiger partial charge in [-0.15, -0.1) is 0 Å². The highest BCUT2D eigenvalue weighted by Crippen LogP contribution is 2.04. The van der Waals surface area contributed by atoms with Gasteiger partial charge in [0.15, 0.2) is 0 Å². The zero-order chi connectivity index (χ0) is 12.5. The second-order valence-electron chi connectivity index (χ2n) is 4.39. The largest absolute Gasteiger partial charge is 0.354 e. The molecule has 3 nitrogen and oxygen atoms in total. The van der Waals surface area contributed by atoms with Crippen molar-refractivity contribution in [2.75, 3.05) is 6.54 Å². The highest BCUT2D eigenvalue weighted by atomic mass is 16.1. The summed E-state index contributed by atoms with van der Waals surface area (Å²) in [5, 5.41) is 2.99. The van der Waals surface area contributed by atoms with Crippen molar-refractivity contribution in [1.82, 2.24) is 5.32 Å². The van der Waals surface area contributed by atoms with Crippen LogP contribution in [-0.2, 0) is 11.2 Å². The van der Waals surface area contributed by atoms with Gasteiger partial charge >= 0.3 is 0 Å². The van der Waals surface area contributed by atoms with E-state index >= 15 is 0 Å². The van der Waals surface area contributed by atoms with Crippen LogP contribution in [0.1, 0.15) is 31.7 Å². The summed E-state index contributed by atoms with van der Waals surface area (Å²) >= 11 is 0. The third-order valence-electron chi connectivity index (χ3n) is 2.72. The monoisotopic (exact) mass is 234 g/mol. The van der Waals surface area contributed by atoms with E-state index in [1.165, 1.54) is 5.56 Å². The van der Waals surface area contributed by atoms with Gasteiger partial charge in [0.25, 0.3) is 0 Å². The predicted octanol–water partition coefficient (Wildman–Crippen LogP) is 1.86. The molecule has 0 fully saturated rings. The number of amides is 1. The van der Waals surface area contributed by atoms with Crippen LogP contribution in [0.25, 0.3) is 0 Å². The van der Waals surface area contributed by atoms with E-state index < -0.39 is 0 Å². The Hall–Kier alpha value is -1.35. The quantitative estimate of drug-likeness (QED) is 0.756. The first-order valence-electron chi connectivity index (χ1n) is 6.25. The normalized spacial score (nSPS) is 12.1. The Balaban J connectivity index is 2.21. The molecule has 1 aromatic carbocycles. The fraction of sp³-hybridized carbons (Fsp3) is 0.500. The molecule has 0 aliphatic rings. The van der Waals surface area contributed by atoms with Crippen LogP contribution in [0.3, 0.4) is 0 Å². The number of hydrogen-bond donors (Lipinski definition) is 2. The van der Waals surface area contributed by atoms with Crippen molar-refractivity contribution < 1.29 is 4.79 Å². The molecule has 0 aliphatic heterocycles. The molecular weight excluding hydrogens is 212 g/mol. The van der Waals surface area contributed by atoms with Gasteiger partial charge in [0, 0.05) is 12.5 Å². The topological polar surface area (TPSA) is 55.1 Å². The third-order valence-corrected chi connectivity index (χ3v) is 2.72. The Bertz CT molecular complexity index is 324. The Morgan fingerprint density at radius 3 is 2.71 bits per heavy atom. The Kier molecular flexibility index (Phi) is 6.33. The lowest BCUT2D eigenvalue weighted by molar-refractivity contribution is -0.121. The summed E-state index contributed by atoms with van der Waals surface area (Å²) in [5.74, 6) is 0.107. The van der Waals surface area contributed by atoms with Gasteiger partial charge in [0.05, 0.1) is 0 Å². The van der Waals surface area contributed by atoms with Crippen LogP contribution in [0.2, 0.25) is 0 Å². The van der Waals surface area contributed by atoms with E-state index in [1.807, 2.05) is 25.1 Å². The van der Waals surface area contributed by atoms with Crippen molar-refractivity contribution in [2.24, 2.45) is 5.73 Å². The van der Waals surface area contributed by atoms with Gasteiger partial charge in [0.2, 0.25) is 5.91 Å². The van der Waals surface area contributed by atoms with E-state index in [2.05, 4.69) is 17.4 Å². The summed E-state index contributed by atoms with van der Waals surface area (Å²) in [6, 6.07) is 10.5. The molecule has 0 aromatic heterocycles. The average Bonchev–Trinajstić information content (AvgIpc) is 2.35. The number of aryl methyl sites for hydroxylation is 1. The van der Waals surface area contributed by atoms with Crippen LogP contribution in [0.5, 0.6) is 0 Å². The van der Waals surface area contributed by atoms with E-state index in [-0.39, 0.29) is 11.9 Å². The molecule has 0 saturated carbocycles. The van der Waals surface area contributed by atoms with Crippen molar-refractivity contribution in [2.45, 2.75) is 38.6 Å². The summed E-state index contributed by atoms with van der Waals surface area (Å²) in [6.07, 6.45) is 3.26. The first-order valence-corrected chi connectivity index (χ1v) is 6.25. The molecule has 1 aromatic rings. The number of carbonyl (C=O) groups is 1. The van der Waals surface area contributed by atoms with Crippen molar-refractivity contribution >= 4 is 5.91 Å². The molecule has 3 N–H and O–H groups in total. The zero-order valence-electron chi connectivity index (χ0n) is 10.5. The van der Waals surface area contributed by atoms with Crippen LogP contribution in [-0.4, -0.2) is 18.5 Å². The molecule has 1 amide bonds. The van der Waals surface area contributed by atoms with Gasteiger partial charge in [-0.25, -0.2) is 0 Å². The molecule has 0 spiro atoms. The van der Waals surface area contributed by atoms with Crippen molar-refractivity contribution in [3.8, 4) is 0 Å². The summed E-state index contributed by atoms with van der Waals surface area (Å²) < 4.78 is 0. The molecule has 1 rings (SSSR count). The SMILES string of the molecule is CC(CCc1ccccc1)NC(=O)CCCN. The summed E-state index contributed by atoms with van der Waals surface area (Å²) in [6.45, 7) is 2.62. The van der Waals surface area contributed by atoms with Crippen molar-refractivity contribution in [3.63, 3.8) is 0 Å². The number of nitrogens with two attached hydrogens (primary N) is 1. The van der Waals surface area contributed by atoms with Crippen LogP contribution in [0, 0.1) is 0 Å². The van der Waals surface area contributed by atoms with Gasteiger partial charge in [-0.2, -0.15) is 0 Å². The highest BCUT2D eigenvalue weighted by molar-refractivity contribution is 5.76. The summed E-state index contributed by atoms with van der Waals surface area (Å²) in [5.41, 5.74) is 6.68. The predicted molar refractivity (Wildman–Crippen MR) is 70.7 cm³/mol. The second kappa shape index (κ2) is 7.85. The lowest BCUT2D eigenvalue weighted by Gasteiger charge is -2.13. The number of carbonyl (C=O) groups excluding carboxylic acids is 1. The van der Waals surface area contributed by atoms with Crippen LogP contribution in [0.15, 0.2) is 30.3 Å². The van der Waals surface area contributed by atoms with E-state index in [0.29, 0.717) is 13.0 Å². The summed E-state index contributed by atoms with van der Waals surface area (Å²) in [7, 11) is 0. The molecule has 94 valence electrons. The molecule has 0 heterocycles. The molecule has 1 unspecified atom stereocenters. The lowest BCUT2D eigenvalue weighted by Crippen LogP contribution is -2.33. The van der Waals surface area contributed by atoms with Crippen LogP contribution < -0.4 is 11.1 Å². The second-order valence-corrected chi connectivity index (χ2v) is 4.39. The molecule has 0 bridgehead atoms. The minimum absolute atomic E-state index is 0.107. The van der Waals surface area contributed by atoms with Crippen molar-refractivity contribution in [1.29, 1.82) is 0 Å². The molecule has 0 saturated heterocycles. The lowest BCUT2D eigenvalue weighted by atomic mass is 10.1. The molecule has 1 atom stereocenters. The fourth-order valence-electron chi connectivity index (χ4n) is 1.71. The molecule has 0 radical (unpaired) electrons. The average molecular weight is 234 g/mol. The van der Waals surface area contributed by atoms with E-state index in [4.69, 9.17) is 5.73 Å². The molecular formula is C14H22N2O. The molecule has 3 heteroatoms. The maximum atomic E-state index is 11.5. The number of benzene rings is 1. The first-order chi connectivity index (χ1) is 8.22. The van der Waals surface area contributed by atoms with Gasteiger partial charge in [0.1, 0.15) is 0 Å². The Morgan fingerprint density at radius 2 is 2.06 bits per heavy atom. The minimum Gasteiger partial charge on any atom is -0.354 e. The van der Waals surface area contributed by atoms with Gasteiger partial charge in [-0.1, -0.05) is 30.3 Å². The fourth-order valence-corrected chi connectivity index (χ4v) is 1.71. The Morgan fingerprint density at radius 1 is 1.35 bits per heavy atom. The van der Waals surface area contributed by atoms with E-state index in [9.17, 15) is 4.79 Å². The smallest absolute Gasteiger partial charge is 0.220 e. The van der Waals surface area contributed by atoms with E-state index in [1.54, 1.807) is 0 Å². The molecule has 0 aliphatic carbocycles. The first kappa shape index (κ1) is 13.7. The number of rotatable bonds is 7. The van der Waals surface area contributed by atoms with Crippen molar-refractivity contribution in [3.05, 3.63) is 35.9 Å². The Labute approximate surface area is 103 Å². The van der Waals surface area contributed by atoms with Gasteiger partial charge in [-0.05, 0) is 38.3 Å². The standard InChI is InChI=1S/C14H22N2O/c1-12(16-14(17)8-5-11-15)9-10-13-6-3-2-4-7-13/h2-4,6-7,12H,5,8-11,15H2,1H3,(H,16,17). The van der Waals surface area contributed by atoms with Crippen LogP contribution >= 0.6 is 0 Å². The van der Waals surface area contributed by atoms with Gasteiger partial charge in [-0.3, -0.25) is 4.79 Å². The summed E-state index contributed by atoms with van der Waals surface area (Å²) in [4.78, 5) is 11.5. The highest BCUT2D eigenvalue weighted by Gasteiger charge is 2.06. The van der Waals surface area contributed by atoms with Crippen LogP contribution in [0.4, 0.5) is 0 Å². The zero-order valence-corrected chi connectivity index (χ0v) is 10.5. The number of nitrogens with one attached hydrogen (secondary N) is 1. The maximum Gasteiger partial charge on any atom is 0.220 e.